The van der Waals surface area contributed by atoms with Crippen molar-refractivity contribution >= 4 is 28.9 Å². The third kappa shape index (κ3) is 4.43. The molecule has 1 atom stereocenters. The van der Waals surface area contributed by atoms with Crippen LogP contribution in [0.5, 0.6) is 17.2 Å². The van der Waals surface area contributed by atoms with Crippen molar-refractivity contribution in [2.24, 2.45) is 0 Å². The minimum atomic E-state index is -0.516. The van der Waals surface area contributed by atoms with Crippen molar-refractivity contribution in [1.29, 1.82) is 0 Å². The zero-order valence-electron chi connectivity index (χ0n) is 16.4. The summed E-state index contributed by atoms with van der Waals surface area (Å²) >= 11 is 5.28. The lowest BCUT2D eigenvalue weighted by Gasteiger charge is -2.30. The van der Waals surface area contributed by atoms with Crippen LogP contribution in [0.1, 0.15) is 25.5 Å². The molecule has 0 aromatic heterocycles. The molecule has 0 fully saturated rings. The van der Waals surface area contributed by atoms with E-state index in [-0.39, 0.29) is 11.7 Å². The van der Waals surface area contributed by atoms with Crippen LogP contribution in [0.3, 0.4) is 0 Å². The largest absolute Gasteiger partial charge is 0.504 e. The maximum absolute atomic E-state index is 13.2. The van der Waals surface area contributed by atoms with Crippen LogP contribution in [0.25, 0.3) is 0 Å². The second kappa shape index (κ2) is 8.83. The monoisotopic (exact) mass is 413 g/mol. The lowest BCUT2D eigenvalue weighted by molar-refractivity contribution is -0.113. The number of ether oxygens (including phenoxy) is 2. The van der Waals surface area contributed by atoms with Gasteiger partial charge in [-0.3, -0.25) is 4.79 Å². The van der Waals surface area contributed by atoms with E-state index in [1.54, 1.807) is 31.2 Å². The molecule has 1 aliphatic rings. The van der Waals surface area contributed by atoms with Crippen molar-refractivity contribution in [3.05, 3.63) is 59.3 Å². The summed E-state index contributed by atoms with van der Waals surface area (Å²) in [6.07, 6.45) is 0. The first-order valence-corrected chi connectivity index (χ1v) is 9.53. The molecule has 1 aliphatic heterocycles. The number of methoxy groups -OCH3 is 1. The Morgan fingerprint density at radius 1 is 1.24 bits per heavy atom. The number of carbonyl (C=O) groups is 1. The molecule has 2 aromatic carbocycles. The molecule has 4 N–H and O–H groups in total. The van der Waals surface area contributed by atoms with Crippen LogP contribution in [0.15, 0.2) is 53.7 Å². The van der Waals surface area contributed by atoms with E-state index in [1.807, 2.05) is 19.1 Å². The first-order chi connectivity index (χ1) is 13.9. The van der Waals surface area contributed by atoms with Crippen LogP contribution in [0, 0.1) is 0 Å². The van der Waals surface area contributed by atoms with E-state index in [4.69, 9.17) is 21.7 Å². The van der Waals surface area contributed by atoms with Crippen LogP contribution >= 0.6 is 12.2 Å². The Labute approximate surface area is 174 Å². The Balaban J connectivity index is 1.97. The van der Waals surface area contributed by atoms with Gasteiger partial charge in [-0.1, -0.05) is 18.2 Å². The number of phenolic OH excluding ortho intramolecular Hbond substituents is 1. The highest BCUT2D eigenvalue weighted by Crippen LogP contribution is 2.34. The van der Waals surface area contributed by atoms with Gasteiger partial charge >= 0.3 is 0 Å². The smallest absolute Gasteiger partial charge is 0.255 e. The van der Waals surface area contributed by atoms with E-state index in [9.17, 15) is 9.90 Å². The standard InChI is InChI=1S/C21H23N3O4S/c1-4-28-16-8-6-5-7-14(16)23-20(26)18-12(2)22-21(29)24-19(18)13-9-10-15(25)17(11-13)27-3/h5-11,19,25H,4H2,1-3H3,(H,23,26)(H2,22,24,29). The molecule has 0 aliphatic carbocycles. The van der Waals surface area contributed by atoms with Crippen molar-refractivity contribution in [3.63, 3.8) is 0 Å². The van der Waals surface area contributed by atoms with Crippen LogP contribution in [-0.4, -0.2) is 29.8 Å². The van der Waals surface area contributed by atoms with Crippen molar-refractivity contribution in [1.82, 2.24) is 10.6 Å². The SMILES string of the molecule is CCOc1ccccc1NC(=O)C1=C(C)NC(=S)NC1c1ccc(O)c(OC)c1. The Morgan fingerprint density at radius 3 is 2.72 bits per heavy atom. The number of rotatable bonds is 6. The number of amides is 1. The van der Waals surface area contributed by atoms with Gasteiger partial charge in [-0.15, -0.1) is 0 Å². The second-order valence-corrected chi connectivity index (χ2v) is 6.79. The van der Waals surface area contributed by atoms with Gasteiger partial charge in [-0.2, -0.15) is 0 Å². The number of phenols is 1. The van der Waals surface area contributed by atoms with Crippen LogP contribution in [0.2, 0.25) is 0 Å². The van der Waals surface area contributed by atoms with Gasteiger partial charge in [-0.25, -0.2) is 0 Å². The zero-order chi connectivity index (χ0) is 21.0. The third-order valence-corrected chi connectivity index (χ3v) is 4.71. The molecule has 3 rings (SSSR count). The molecule has 2 aromatic rings. The summed E-state index contributed by atoms with van der Waals surface area (Å²) in [6, 6.07) is 11.7. The average molecular weight is 413 g/mol. The summed E-state index contributed by atoms with van der Waals surface area (Å²) in [6.45, 7) is 4.17. The number of nitrogens with one attached hydrogen (secondary N) is 3. The van der Waals surface area contributed by atoms with Gasteiger partial charge in [0.25, 0.3) is 5.91 Å². The fourth-order valence-corrected chi connectivity index (χ4v) is 3.43. The summed E-state index contributed by atoms with van der Waals surface area (Å²) in [7, 11) is 1.47. The topological polar surface area (TPSA) is 91.9 Å². The highest BCUT2D eigenvalue weighted by atomic mass is 32.1. The van der Waals surface area contributed by atoms with E-state index in [0.29, 0.717) is 40.2 Å². The molecule has 8 heteroatoms. The molecule has 29 heavy (non-hydrogen) atoms. The molecule has 152 valence electrons. The van der Waals surface area contributed by atoms with Crippen molar-refractivity contribution < 1.29 is 19.4 Å². The number of para-hydroxylation sites is 2. The number of hydrogen-bond donors (Lipinski definition) is 4. The number of thiocarbonyl (C=S) groups is 1. The predicted molar refractivity (Wildman–Crippen MR) is 115 cm³/mol. The van der Waals surface area contributed by atoms with E-state index in [1.165, 1.54) is 13.2 Å². The average Bonchev–Trinajstić information content (AvgIpc) is 2.69. The third-order valence-electron chi connectivity index (χ3n) is 4.49. The van der Waals surface area contributed by atoms with Gasteiger partial charge in [0.1, 0.15) is 5.75 Å². The summed E-state index contributed by atoms with van der Waals surface area (Å²) in [5.41, 5.74) is 2.41. The molecule has 1 unspecified atom stereocenters. The highest BCUT2D eigenvalue weighted by molar-refractivity contribution is 7.80. The molecule has 7 nitrogen and oxygen atoms in total. The Kier molecular flexibility index (Phi) is 6.23. The maximum atomic E-state index is 13.2. The van der Waals surface area contributed by atoms with E-state index in [2.05, 4.69) is 16.0 Å². The molecule has 0 spiro atoms. The minimum Gasteiger partial charge on any atom is -0.504 e. The van der Waals surface area contributed by atoms with Crippen LogP contribution < -0.4 is 25.4 Å². The first-order valence-electron chi connectivity index (χ1n) is 9.13. The molecule has 1 heterocycles. The van der Waals surface area contributed by atoms with Gasteiger partial charge in [0.05, 0.1) is 31.0 Å². The number of aromatic hydroxyl groups is 1. The highest BCUT2D eigenvalue weighted by Gasteiger charge is 2.30. The summed E-state index contributed by atoms with van der Waals surface area (Å²) in [5.74, 6) is 0.629. The second-order valence-electron chi connectivity index (χ2n) is 6.38. The quantitative estimate of drug-likeness (QED) is 0.541. The maximum Gasteiger partial charge on any atom is 0.255 e. The Hall–Kier alpha value is -3.26. The number of anilines is 1. The van der Waals surface area contributed by atoms with Gasteiger partial charge in [0.2, 0.25) is 0 Å². The zero-order valence-corrected chi connectivity index (χ0v) is 17.2. The van der Waals surface area contributed by atoms with Crippen molar-refractivity contribution in [3.8, 4) is 17.2 Å². The number of benzene rings is 2. The molecule has 1 amide bonds. The molecular weight excluding hydrogens is 390 g/mol. The molecule has 0 radical (unpaired) electrons. The van der Waals surface area contributed by atoms with E-state index < -0.39 is 6.04 Å². The summed E-state index contributed by atoms with van der Waals surface area (Å²) in [5, 5.41) is 19.4. The fraction of sp³-hybridized carbons (Fsp3) is 0.238. The lowest BCUT2D eigenvalue weighted by Crippen LogP contribution is -2.45. The predicted octanol–water partition coefficient (Wildman–Crippen LogP) is 3.23. The summed E-state index contributed by atoms with van der Waals surface area (Å²) < 4.78 is 10.8. The number of carbonyl (C=O) groups excluding carboxylic acids is 1. The van der Waals surface area contributed by atoms with Crippen molar-refractivity contribution in [2.75, 3.05) is 19.0 Å². The van der Waals surface area contributed by atoms with Gasteiger partial charge in [0, 0.05) is 5.70 Å². The van der Waals surface area contributed by atoms with Gasteiger partial charge in [0.15, 0.2) is 16.6 Å². The molecule has 0 saturated heterocycles. The molecule has 0 bridgehead atoms. The van der Waals surface area contributed by atoms with Gasteiger partial charge < -0.3 is 30.5 Å². The van der Waals surface area contributed by atoms with Gasteiger partial charge in [-0.05, 0) is 55.9 Å². The van der Waals surface area contributed by atoms with E-state index in [0.717, 1.165) is 5.56 Å². The summed E-state index contributed by atoms with van der Waals surface area (Å²) in [4.78, 5) is 13.2. The van der Waals surface area contributed by atoms with Crippen LogP contribution in [0.4, 0.5) is 5.69 Å². The Morgan fingerprint density at radius 2 is 2.00 bits per heavy atom. The first kappa shape index (κ1) is 20.5. The molecular formula is C21H23N3O4S. The number of hydrogen-bond acceptors (Lipinski definition) is 5. The normalized spacial score (nSPS) is 16.0. The fourth-order valence-electron chi connectivity index (χ4n) is 3.16. The Bertz CT molecular complexity index is 974. The van der Waals surface area contributed by atoms with Crippen molar-refractivity contribution in [2.45, 2.75) is 19.9 Å². The lowest BCUT2D eigenvalue weighted by atomic mass is 9.94. The minimum absolute atomic E-state index is 0.0186. The van der Waals surface area contributed by atoms with Crippen LogP contribution in [-0.2, 0) is 4.79 Å². The van der Waals surface area contributed by atoms with E-state index >= 15 is 0 Å². The number of allylic oxidation sites excluding steroid dienone is 1. The molecule has 0 saturated carbocycles.